The average Bonchev–Trinajstić information content (AvgIpc) is 3.86. The molecule has 29 heteroatoms. The fraction of sp³-hybridized carbons (Fsp3) is 0.794. The van der Waals surface area contributed by atoms with Crippen LogP contribution in [-0.4, -0.2) is 240 Å². The lowest BCUT2D eigenvalue weighted by Gasteiger charge is -2.39. The number of amides is 5. The van der Waals surface area contributed by atoms with Crippen LogP contribution in [0.2, 0.25) is 0 Å². The molecule has 0 bridgehead atoms. The number of nitrogens with one attached hydrogen (secondary N) is 4. The zero-order valence-electron chi connectivity index (χ0n) is 33.6. The summed E-state index contributed by atoms with van der Waals surface area (Å²) in [6.45, 7) is -3.89. The van der Waals surface area contributed by atoms with Gasteiger partial charge in [-0.25, -0.2) is 9.67 Å². The Balaban J connectivity index is 1.20. The largest absolute Gasteiger partial charge is 0.394 e. The molecule has 358 valence electrons. The predicted octanol–water partition coefficient (Wildman–Crippen LogP) is -10.4. The lowest BCUT2D eigenvalue weighted by molar-refractivity contribution is -0.299. The summed E-state index contributed by atoms with van der Waals surface area (Å²) in [7, 11) is 0. The van der Waals surface area contributed by atoms with E-state index in [1.165, 1.54) is 0 Å². The molecule has 4 rings (SSSR count). The first kappa shape index (κ1) is 51.5. The molecule has 1 aromatic rings. The maximum absolute atomic E-state index is 13.2. The van der Waals surface area contributed by atoms with Crippen molar-refractivity contribution >= 4 is 29.5 Å². The minimum Gasteiger partial charge on any atom is -0.394 e. The summed E-state index contributed by atoms with van der Waals surface area (Å²) in [5.41, 5.74) is 5.13. The molecule has 3 aliphatic rings. The number of aromatic nitrogens is 3. The summed E-state index contributed by atoms with van der Waals surface area (Å²) in [5, 5.41) is 113. The van der Waals surface area contributed by atoms with Gasteiger partial charge in [-0.05, 0) is 19.3 Å². The van der Waals surface area contributed by atoms with Crippen molar-refractivity contribution in [2.45, 2.75) is 111 Å². The summed E-state index contributed by atoms with van der Waals surface area (Å²) < 4.78 is 32.7. The van der Waals surface area contributed by atoms with Crippen LogP contribution in [0.1, 0.15) is 36.1 Å². The molecular weight excluding hydrogens is 856 g/mol. The highest BCUT2D eigenvalue weighted by molar-refractivity contribution is 5.88. The second kappa shape index (κ2) is 24.8. The maximum atomic E-state index is 13.2. The monoisotopic (exact) mass is 912 g/mol. The molecule has 0 spiro atoms. The van der Waals surface area contributed by atoms with Crippen LogP contribution in [0.15, 0.2) is 6.33 Å². The van der Waals surface area contributed by atoms with Gasteiger partial charge in [-0.1, -0.05) is 0 Å². The second-order valence-corrected chi connectivity index (χ2v) is 14.6. The van der Waals surface area contributed by atoms with E-state index in [0.717, 1.165) is 11.0 Å². The fourth-order valence-corrected chi connectivity index (χ4v) is 6.41. The predicted molar refractivity (Wildman–Crippen MR) is 200 cm³/mol. The molecule has 1 aromatic heterocycles. The molecule has 29 nitrogen and oxygen atoms in total. The number of ether oxygens (including phenoxy) is 6. The Labute approximate surface area is 357 Å². The van der Waals surface area contributed by atoms with Crippen LogP contribution in [0, 0.1) is 0 Å². The lowest BCUT2D eigenvalue weighted by atomic mass is 9.99. The number of carbonyl (C=O) groups is 5. The van der Waals surface area contributed by atoms with Crippen molar-refractivity contribution in [2.75, 3.05) is 59.3 Å². The number of rotatable bonds is 24. The van der Waals surface area contributed by atoms with E-state index in [1.54, 1.807) is 0 Å². The summed E-state index contributed by atoms with van der Waals surface area (Å²) in [6, 6.07) is -1.21. The van der Waals surface area contributed by atoms with Crippen LogP contribution in [0.4, 0.5) is 0 Å². The molecule has 4 heterocycles. The smallest absolute Gasteiger partial charge is 0.288 e. The number of hydrogen-bond donors (Lipinski definition) is 15. The van der Waals surface area contributed by atoms with Gasteiger partial charge in [-0.15, -0.1) is 5.10 Å². The minimum absolute atomic E-state index is 0.00289. The molecule has 0 radical (unpaired) electrons. The molecule has 3 fully saturated rings. The van der Waals surface area contributed by atoms with E-state index in [2.05, 4.69) is 31.3 Å². The molecule has 0 aromatic carbocycles. The normalized spacial score (nSPS) is 32.4. The topological polar surface area (TPSA) is 448 Å². The van der Waals surface area contributed by atoms with Crippen LogP contribution in [0.25, 0.3) is 0 Å². The van der Waals surface area contributed by atoms with Gasteiger partial charge in [0.15, 0.2) is 18.8 Å². The SMILES string of the molecule is NC(=O)c1ncn([C@@H]2O[C@H](COCC(=O)NCCNC(=O)[C@H](CCCCNC(=O)COC3OC(CO)C(O)C(O)C3O)NC(=O)COC3OC(CO)C(O)C(O)C3O)C(O)C2O)n1. The summed E-state index contributed by atoms with van der Waals surface area (Å²) >= 11 is 0. The Kier molecular flexibility index (Phi) is 20.3. The number of primary amides is 1. The third kappa shape index (κ3) is 14.4. The van der Waals surface area contributed by atoms with Crippen LogP contribution in [-0.2, 0) is 47.6 Å². The van der Waals surface area contributed by atoms with E-state index in [-0.39, 0.29) is 51.3 Å². The zero-order valence-corrected chi connectivity index (χ0v) is 33.6. The van der Waals surface area contributed by atoms with Crippen molar-refractivity contribution < 1.29 is 103 Å². The van der Waals surface area contributed by atoms with Crippen molar-refractivity contribution in [3.8, 4) is 0 Å². The van der Waals surface area contributed by atoms with Crippen molar-refractivity contribution in [3.63, 3.8) is 0 Å². The standard InChI is InChI=1S/C34H56N8O21/c35-29(56)30-39-13-42(41-30)32-26(53)23(50)17(61-32)9-58-10-18(45)37-5-6-38-31(57)14(40-20(47)12-60-34-28(55)25(52)22(49)16(8-44)63-34)3-1-2-4-36-19(46)11-59-33-27(54)24(51)21(48)15(7-43)62-33/h13-17,21-28,32-34,43-44,48-55H,1-12H2,(H2,35,56)(H,36,46)(H,37,45)(H,38,57)(H,40,47)/t14-,15?,16?,17+,21?,22?,23?,24?,25?,26?,27?,28?,32+,33?,34?/m0/s1. The summed E-state index contributed by atoms with van der Waals surface area (Å²) in [5.74, 6) is -4.12. The Morgan fingerprint density at radius 3 is 1.78 bits per heavy atom. The molecule has 16 N–H and O–H groups in total. The number of hydrogen-bond acceptors (Lipinski definition) is 23. The molecule has 3 saturated heterocycles. The molecule has 15 atom stereocenters. The number of unbranched alkanes of at least 4 members (excludes halogenated alkanes) is 1. The van der Waals surface area contributed by atoms with Crippen molar-refractivity contribution in [1.29, 1.82) is 0 Å². The van der Waals surface area contributed by atoms with Gasteiger partial charge in [-0.3, -0.25) is 24.0 Å². The van der Waals surface area contributed by atoms with Gasteiger partial charge in [0.1, 0.15) is 99.3 Å². The molecule has 63 heavy (non-hydrogen) atoms. The van der Waals surface area contributed by atoms with Gasteiger partial charge in [0.05, 0.1) is 19.8 Å². The Morgan fingerprint density at radius 2 is 1.21 bits per heavy atom. The van der Waals surface area contributed by atoms with Gasteiger partial charge in [0.25, 0.3) is 5.91 Å². The van der Waals surface area contributed by atoms with Crippen LogP contribution < -0.4 is 27.0 Å². The third-order valence-electron chi connectivity index (χ3n) is 9.94. The van der Waals surface area contributed by atoms with E-state index in [9.17, 15) is 75.0 Å². The van der Waals surface area contributed by atoms with Crippen molar-refractivity contribution in [2.24, 2.45) is 5.73 Å². The quantitative estimate of drug-likeness (QED) is 0.0428. The first-order valence-electron chi connectivity index (χ1n) is 19.7. The Hall–Kier alpha value is -4.15. The van der Waals surface area contributed by atoms with Crippen LogP contribution >= 0.6 is 0 Å². The van der Waals surface area contributed by atoms with Crippen LogP contribution in [0.3, 0.4) is 0 Å². The van der Waals surface area contributed by atoms with E-state index < -0.39 is 155 Å². The van der Waals surface area contributed by atoms with E-state index in [0.29, 0.717) is 0 Å². The Bertz CT molecular complexity index is 1640. The van der Waals surface area contributed by atoms with Gasteiger partial charge in [-0.2, -0.15) is 0 Å². The second-order valence-electron chi connectivity index (χ2n) is 14.6. The first-order chi connectivity index (χ1) is 30.0. The molecule has 5 amide bonds. The molecule has 0 saturated carbocycles. The van der Waals surface area contributed by atoms with Gasteiger partial charge in [0, 0.05) is 19.6 Å². The van der Waals surface area contributed by atoms with E-state index in [1.807, 2.05) is 0 Å². The van der Waals surface area contributed by atoms with Gasteiger partial charge in [0.2, 0.25) is 29.5 Å². The first-order valence-corrected chi connectivity index (χ1v) is 19.7. The number of aliphatic hydroxyl groups is 10. The average molecular weight is 913 g/mol. The van der Waals surface area contributed by atoms with E-state index in [4.69, 9.17) is 34.2 Å². The van der Waals surface area contributed by atoms with Crippen molar-refractivity contribution in [3.05, 3.63) is 12.2 Å². The Morgan fingerprint density at radius 1 is 0.667 bits per heavy atom. The lowest BCUT2D eigenvalue weighted by Crippen LogP contribution is -2.59. The molecular formula is C34H56N8O21. The van der Waals surface area contributed by atoms with Gasteiger partial charge >= 0.3 is 0 Å². The minimum atomic E-state index is -1.79. The zero-order chi connectivity index (χ0) is 46.4. The van der Waals surface area contributed by atoms with E-state index >= 15 is 0 Å². The molecule has 12 unspecified atom stereocenters. The van der Waals surface area contributed by atoms with Crippen LogP contribution in [0.5, 0.6) is 0 Å². The third-order valence-corrected chi connectivity index (χ3v) is 9.94. The molecule has 3 aliphatic heterocycles. The highest BCUT2D eigenvalue weighted by atomic mass is 16.7. The van der Waals surface area contributed by atoms with Crippen molar-refractivity contribution in [1.82, 2.24) is 36.0 Å². The summed E-state index contributed by atoms with van der Waals surface area (Å²) in [4.78, 5) is 65.7. The maximum Gasteiger partial charge on any atom is 0.288 e. The summed E-state index contributed by atoms with van der Waals surface area (Å²) in [6.07, 6.45) is -19.6. The van der Waals surface area contributed by atoms with Gasteiger partial charge < -0.3 is 106 Å². The number of nitrogens with two attached hydrogens (primary N) is 1. The fourth-order valence-electron chi connectivity index (χ4n) is 6.41. The molecule has 0 aliphatic carbocycles. The highest BCUT2D eigenvalue weighted by Gasteiger charge is 2.46. The number of aliphatic hydroxyl groups excluding tert-OH is 10. The highest BCUT2D eigenvalue weighted by Crippen LogP contribution is 2.29. The number of carbonyl (C=O) groups excluding carboxylic acids is 5. The number of nitrogens with zero attached hydrogens (tertiary/aromatic N) is 3.